The van der Waals surface area contributed by atoms with E-state index in [-0.39, 0.29) is 11.9 Å². The zero-order chi connectivity index (χ0) is 18.4. The summed E-state index contributed by atoms with van der Waals surface area (Å²) >= 11 is 0. The van der Waals surface area contributed by atoms with Crippen molar-refractivity contribution in [1.29, 1.82) is 0 Å². The lowest BCUT2D eigenvalue weighted by Crippen LogP contribution is -2.55. The van der Waals surface area contributed by atoms with Crippen LogP contribution in [0.1, 0.15) is 42.6 Å². The minimum atomic E-state index is -0.113. The van der Waals surface area contributed by atoms with E-state index in [2.05, 4.69) is 32.4 Å². The lowest BCUT2D eigenvalue weighted by molar-refractivity contribution is 0.0462. The molecular formula is C20H23N5O2. The fourth-order valence-corrected chi connectivity index (χ4v) is 4.67. The van der Waals surface area contributed by atoms with Crippen LogP contribution in [-0.2, 0) is 0 Å². The number of carbonyl (C=O) groups excluding carboxylic acids is 1. The first kappa shape index (κ1) is 16.5. The number of fused-ring (bicyclic) bond motifs is 3. The van der Waals surface area contributed by atoms with Crippen LogP contribution < -0.4 is 5.32 Å². The summed E-state index contributed by atoms with van der Waals surface area (Å²) in [7, 11) is 2.22. The summed E-state index contributed by atoms with van der Waals surface area (Å²) in [4.78, 5) is 19.6. The molecule has 2 aromatic heterocycles. The number of nitrogens with one attached hydrogen (secondary N) is 2. The fraction of sp³-hybridized carbons (Fsp3) is 0.450. The lowest BCUT2D eigenvalue weighted by Gasteiger charge is -2.47. The Kier molecular flexibility index (Phi) is 3.97. The molecule has 1 amide bonds. The van der Waals surface area contributed by atoms with Gasteiger partial charge in [0.05, 0.1) is 11.7 Å². The molecule has 2 fully saturated rings. The summed E-state index contributed by atoms with van der Waals surface area (Å²) < 4.78 is 5.37. The van der Waals surface area contributed by atoms with E-state index in [1.54, 1.807) is 12.5 Å². The molecule has 3 aromatic rings. The van der Waals surface area contributed by atoms with E-state index >= 15 is 0 Å². The van der Waals surface area contributed by atoms with E-state index in [1.165, 1.54) is 19.3 Å². The molecule has 2 aliphatic rings. The van der Waals surface area contributed by atoms with Gasteiger partial charge in [0.1, 0.15) is 6.26 Å². The molecule has 2 unspecified atom stereocenters. The molecule has 2 saturated heterocycles. The average Bonchev–Trinajstić information content (AvgIpc) is 3.31. The molecule has 0 spiro atoms. The topological polar surface area (TPSA) is 87.0 Å². The monoisotopic (exact) mass is 365 g/mol. The Morgan fingerprint density at radius 1 is 1.30 bits per heavy atom. The number of oxazole rings is 1. The number of hydrogen-bond acceptors (Lipinski definition) is 5. The van der Waals surface area contributed by atoms with E-state index in [9.17, 15) is 4.79 Å². The SMILES string of the molecule is CN1C2CCCC1CC(NC(=O)c1n[nH]c3ccc(-c4ncco4)cc13)C2. The summed E-state index contributed by atoms with van der Waals surface area (Å²) in [6, 6.07) is 7.09. The Hall–Kier alpha value is -2.67. The first-order chi connectivity index (χ1) is 13.2. The minimum Gasteiger partial charge on any atom is -0.445 e. The normalized spacial score (nSPS) is 25.6. The molecule has 2 N–H and O–H groups in total. The van der Waals surface area contributed by atoms with Crippen LogP contribution in [0, 0.1) is 0 Å². The standard InChI is InChI=1S/C20H23N5O2/c1-25-14-3-2-4-15(25)11-13(10-14)22-19(26)18-16-9-12(20-21-7-8-27-20)5-6-17(16)23-24-18/h5-9,13-15H,2-4,10-11H2,1H3,(H,22,26)(H,23,24). The number of hydrogen-bond donors (Lipinski definition) is 2. The van der Waals surface area contributed by atoms with Crippen LogP contribution in [0.15, 0.2) is 35.1 Å². The maximum Gasteiger partial charge on any atom is 0.272 e. The second kappa shape index (κ2) is 6.49. The summed E-state index contributed by atoms with van der Waals surface area (Å²) in [5, 5.41) is 11.2. The van der Waals surface area contributed by atoms with Crippen molar-refractivity contribution in [2.75, 3.05) is 7.05 Å². The van der Waals surface area contributed by atoms with Crippen LogP contribution in [0.25, 0.3) is 22.4 Å². The number of aromatic amines is 1. The van der Waals surface area contributed by atoms with Gasteiger partial charge in [-0.05, 0) is 50.9 Å². The van der Waals surface area contributed by atoms with Gasteiger partial charge < -0.3 is 14.6 Å². The third-order valence-electron chi connectivity index (χ3n) is 6.13. The molecule has 5 rings (SSSR count). The third-order valence-corrected chi connectivity index (χ3v) is 6.13. The number of piperidine rings is 2. The van der Waals surface area contributed by atoms with Gasteiger partial charge in [0.25, 0.3) is 5.91 Å². The maximum atomic E-state index is 12.9. The average molecular weight is 365 g/mol. The first-order valence-electron chi connectivity index (χ1n) is 9.60. The number of rotatable bonds is 3. The number of H-pyrrole nitrogens is 1. The van der Waals surface area contributed by atoms with Crippen molar-refractivity contribution in [3.8, 4) is 11.5 Å². The highest BCUT2D eigenvalue weighted by molar-refractivity contribution is 6.05. The highest BCUT2D eigenvalue weighted by Crippen LogP contribution is 2.33. The smallest absolute Gasteiger partial charge is 0.272 e. The van der Waals surface area contributed by atoms with Gasteiger partial charge in [-0.2, -0.15) is 5.10 Å². The largest absolute Gasteiger partial charge is 0.445 e. The van der Waals surface area contributed by atoms with Gasteiger partial charge in [0.2, 0.25) is 5.89 Å². The maximum absolute atomic E-state index is 12.9. The zero-order valence-electron chi connectivity index (χ0n) is 15.3. The van der Waals surface area contributed by atoms with Gasteiger partial charge in [-0.25, -0.2) is 4.98 Å². The molecule has 0 aliphatic carbocycles. The predicted molar refractivity (Wildman–Crippen MR) is 101 cm³/mol. The van der Waals surface area contributed by atoms with Crippen LogP contribution in [0.3, 0.4) is 0 Å². The van der Waals surface area contributed by atoms with Gasteiger partial charge in [0, 0.05) is 29.1 Å². The van der Waals surface area contributed by atoms with E-state index < -0.39 is 0 Å². The molecule has 0 radical (unpaired) electrons. The molecular weight excluding hydrogens is 342 g/mol. The second-order valence-electron chi connectivity index (χ2n) is 7.72. The summed E-state index contributed by atoms with van der Waals surface area (Å²) in [5.41, 5.74) is 2.09. The minimum absolute atomic E-state index is 0.113. The summed E-state index contributed by atoms with van der Waals surface area (Å²) in [6.45, 7) is 0. The Morgan fingerprint density at radius 2 is 2.11 bits per heavy atom. The summed E-state index contributed by atoms with van der Waals surface area (Å²) in [6.07, 6.45) is 8.94. The van der Waals surface area contributed by atoms with E-state index in [0.29, 0.717) is 23.7 Å². The van der Waals surface area contributed by atoms with Gasteiger partial charge in [-0.1, -0.05) is 6.42 Å². The molecule has 7 nitrogen and oxygen atoms in total. The van der Waals surface area contributed by atoms with Crippen molar-refractivity contribution in [3.63, 3.8) is 0 Å². The van der Waals surface area contributed by atoms with Crippen LogP contribution in [0.4, 0.5) is 0 Å². The van der Waals surface area contributed by atoms with Crippen molar-refractivity contribution < 1.29 is 9.21 Å². The van der Waals surface area contributed by atoms with Crippen LogP contribution in [0.5, 0.6) is 0 Å². The highest BCUT2D eigenvalue weighted by atomic mass is 16.3. The Labute approximate surface area is 157 Å². The van der Waals surface area contributed by atoms with Crippen LogP contribution >= 0.6 is 0 Å². The molecule has 2 bridgehead atoms. The number of aromatic nitrogens is 3. The Balaban J connectivity index is 1.38. The van der Waals surface area contributed by atoms with Gasteiger partial charge in [-0.15, -0.1) is 0 Å². The molecule has 27 heavy (non-hydrogen) atoms. The van der Waals surface area contributed by atoms with Crippen molar-refractivity contribution in [2.45, 2.75) is 50.2 Å². The second-order valence-corrected chi connectivity index (χ2v) is 7.72. The number of amides is 1. The highest BCUT2D eigenvalue weighted by Gasteiger charge is 2.36. The summed E-state index contributed by atoms with van der Waals surface area (Å²) in [5.74, 6) is 0.422. The third kappa shape index (κ3) is 2.92. The van der Waals surface area contributed by atoms with Crippen molar-refractivity contribution >= 4 is 16.8 Å². The molecule has 2 aliphatic heterocycles. The van der Waals surface area contributed by atoms with E-state index in [1.807, 2.05) is 18.2 Å². The Morgan fingerprint density at radius 3 is 2.85 bits per heavy atom. The lowest BCUT2D eigenvalue weighted by atomic mass is 9.82. The van der Waals surface area contributed by atoms with Gasteiger partial charge in [-0.3, -0.25) is 9.89 Å². The molecule has 7 heteroatoms. The van der Waals surface area contributed by atoms with Crippen molar-refractivity contribution in [2.24, 2.45) is 0 Å². The Bertz CT molecular complexity index is 950. The number of nitrogens with zero attached hydrogens (tertiary/aromatic N) is 3. The molecule has 140 valence electrons. The van der Waals surface area contributed by atoms with Gasteiger partial charge in [0.15, 0.2) is 5.69 Å². The van der Waals surface area contributed by atoms with Crippen molar-refractivity contribution in [1.82, 2.24) is 25.4 Å². The quantitative estimate of drug-likeness (QED) is 0.745. The number of benzene rings is 1. The molecule has 1 aromatic carbocycles. The van der Waals surface area contributed by atoms with Gasteiger partial charge >= 0.3 is 0 Å². The van der Waals surface area contributed by atoms with Crippen molar-refractivity contribution in [3.05, 3.63) is 36.4 Å². The molecule has 2 atom stereocenters. The van der Waals surface area contributed by atoms with Crippen LogP contribution in [0.2, 0.25) is 0 Å². The number of carbonyl (C=O) groups is 1. The zero-order valence-corrected chi connectivity index (χ0v) is 15.3. The molecule has 4 heterocycles. The molecule has 0 saturated carbocycles. The van der Waals surface area contributed by atoms with E-state index in [4.69, 9.17) is 4.42 Å². The fourth-order valence-electron chi connectivity index (χ4n) is 4.67. The van der Waals surface area contributed by atoms with Crippen LogP contribution in [-0.4, -0.2) is 51.2 Å². The predicted octanol–water partition coefficient (Wildman–Crippen LogP) is 2.96. The van der Waals surface area contributed by atoms with E-state index in [0.717, 1.165) is 29.3 Å². The first-order valence-corrected chi connectivity index (χ1v) is 9.60.